The Hall–Kier alpha value is -0.570. The number of nitrogens with zero attached hydrogens (tertiary/aromatic N) is 1. The molecule has 2 fully saturated rings. The lowest BCUT2D eigenvalue weighted by Crippen LogP contribution is -2.44. The molecule has 1 heterocycles. The van der Waals surface area contributed by atoms with E-state index in [2.05, 4.69) is 6.92 Å². The summed E-state index contributed by atoms with van der Waals surface area (Å²) in [5.41, 5.74) is 0. The average molecular weight is 239 g/mol. The van der Waals surface area contributed by atoms with E-state index in [1.807, 2.05) is 4.90 Å². The van der Waals surface area contributed by atoms with Crippen molar-refractivity contribution in [2.75, 3.05) is 19.7 Å². The second kappa shape index (κ2) is 5.85. The van der Waals surface area contributed by atoms with Gasteiger partial charge in [-0.3, -0.25) is 4.79 Å². The molecule has 3 unspecified atom stereocenters. The first kappa shape index (κ1) is 12.9. The van der Waals surface area contributed by atoms with Gasteiger partial charge in [-0.1, -0.05) is 19.8 Å². The van der Waals surface area contributed by atoms with Crippen LogP contribution in [0.4, 0.5) is 0 Å². The first-order chi connectivity index (χ1) is 8.20. The number of amides is 1. The van der Waals surface area contributed by atoms with Gasteiger partial charge in [0.25, 0.3) is 0 Å². The summed E-state index contributed by atoms with van der Waals surface area (Å²) in [5, 5.41) is 9.21. The average Bonchev–Trinajstić information content (AvgIpc) is 2.38. The normalized spacial score (nSPS) is 34.7. The molecule has 0 aromatic carbocycles. The predicted molar refractivity (Wildman–Crippen MR) is 67.5 cm³/mol. The van der Waals surface area contributed by atoms with Crippen LogP contribution in [0.1, 0.15) is 45.4 Å². The van der Waals surface area contributed by atoms with Crippen LogP contribution in [-0.2, 0) is 4.79 Å². The summed E-state index contributed by atoms with van der Waals surface area (Å²) >= 11 is 0. The predicted octanol–water partition coefficient (Wildman–Crippen LogP) is 2.04. The Kier molecular flexibility index (Phi) is 4.43. The maximum absolute atomic E-state index is 12.4. The fourth-order valence-corrected chi connectivity index (χ4v) is 3.33. The minimum Gasteiger partial charge on any atom is -0.396 e. The van der Waals surface area contributed by atoms with Gasteiger partial charge in [0.05, 0.1) is 0 Å². The molecule has 1 saturated heterocycles. The minimum atomic E-state index is 0.227. The van der Waals surface area contributed by atoms with Gasteiger partial charge in [0.15, 0.2) is 0 Å². The van der Waals surface area contributed by atoms with Crippen molar-refractivity contribution in [2.45, 2.75) is 45.4 Å². The van der Waals surface area contributed by atoms with Crippen LogP contribution in [0.15, 0.2) is 0 Å². The van der Waals surface area contributed by atoms with Crippen molar-refractivity contribution in [1.29, 1.82) is 0 Å². The summed E-state index contributed by atoms with van der Waals surface area (Å²) in [5.74, 6) is 1.63. The lowest BCUT2D eigenvalue weighted by Gasteiger charge is -2.36. The first-order valence-corrected chi connectivity index (χ1v) is 7.10. The maximum atomic E-state index is 12.4. The molecule has 98 valence electrons. The highest BCUT2D eigenvalue weighted by molar-refractivity contribution is 5.79. The topological polar surface area (TPSA) is 40.5 Å². The van der Waals surface area contributed by atoms with Crippen LogP contribution in [0, 0.1) is 17.8 Å². The summed E-state index contributed by atoms with van der Waals surface area (Å²) in [4.78, 5) is 14.4. The second-order valence-corrected chi connectivity index (χ2v) is 5.94. The molecule has 2 aliphatic rings. The molecule has 17 heavy (non-hydrogen) atoms. The third-order valence-electron chi connectivity index (χ3n) is 4.37. The van der Waals surface area contributed by atoms with Gasteiger partial charge in [0.1, 0.15) is 0 Å². The third kappa shape index (κ3) is 3.21. The van der Waals surface area contributed by atoms with Crippen molar-refractivity contribution < 1.29 is 9.90 Å². The van der Waals surface area contributed by atoms with E-state index >= 15 is 0 Å². The molecule has 1 saturated carbocycles. The third-order valence-corrected chi connectivity index (χ3v) is 4.37. The molecule has 0 aromatic heterocycles. The van der Waals surface area contributed by atoms with Gasteiger partial charge in [-0.25, -0.2) is 0 Å². The number of aliphatic hydroxyl groups excluding tert-OH is 1. The molecule has 0 spiro atoms. The van der Waals surface area contributed by atoms with Crippen LogP contribution in [-0.4, -0.2) is 35.6 Å². The van der Waals surface area contributed by atoms with E-state index in [-0.39, 0.29) is 12.5 Å². The van der Waals surface area contributed by atoms with Gasteiger partial charge in [-0.2, -0.15) is 0 Å². The monoisotopic (exact) mass is 239 g/mol. The molecule has 3 heteroatoms. The van der Waals surface area contributed by atoms with Crippen LogP contribution < -0.4 is 0 Å². The molecular weight excluding hydrogens is 214 g/mol. The van der Waals surface area contributed by atoms with Gasteiger partial charge in [0.2, 0.25) is 5.91 Å². The minimum absolute atomic E-state index is 0.227. The Balaban J connectivity index is 1.89. The summed E-state index contributed by atoms with van der Waals surface area (Å²) in [6, 6.07) is 0. The van der Waals surface area contributed by atoms with Crippen molar-refractivity contribution in [3.63, 3.8) is 0 Å². The molecule has 3 nitrogen and oxygen atoms in total. The van der Waals surface area contributed by atoms with Gasteiger partial charge in [0, 0.05) is 25.6 Å². The summed E-state index contributed by atoms with van der Waals surface area (Å²) in [6.07, 6.45) is 6.75. The molecule has 3 atom stereocenters. The largest absolute Gasteiger partial charge is 0.396 e. The highest BCUT2D eigenvalue weighted by Gasteiger charge is 2.31. The van der Waals surface area contributed by atoms with Crippen molar-refractivity contribution in [1.82, 2.24) is 4.90 Å². The number of piperidine rings is 1. The van der Waals surface area contributed by atoms with E-state index in [4.69, 9.17) is 0 Å². The van der Waals surface area contributed by atoms with Crippen LogP contribution in [0.25, 0.3) is 0 Å². The molecule has 0 bridgehead atoms. The molecule has 1 aliphatic carbocycles. The standard InChI is InChI=1S/C14H25NO2/c1-11-4-2-6-13(8-11)14(17)15-7-3-5-12(9-15)10-16/h11-13,16H,2-10H2,1H3. The summed E-state index contributed by atoms with van der Waals surface area (Å²) < 4.78 is 0. The number of hydrogen-bond acceptors (Lipinski definition) is 2. The van der Waals surface area contributed by atoms with Gasteiger partial charge < -0.3 is 10.0 Å². The van der Waals surface area contributed by atoms with Crippen molar-refractivity contribution in [3.05, 3.63) is 0 Å². The van der Waals surface area contributed by atoms with E-state index in [9.17, 15) is 9.90 Å². The number of aliphatic hydroxyl groups is 1. The highest BCUT2D eigenvalue weighted by Crippen LogP contribution is 2.31. The van der Waals surface area contributed by atoms with Gasteiger partial charge >= 0.3 is 0 Å². The smallest absolute Gasteiger partial charge is 0.225 e. The van der Waals surface area contributed by atoms with Crippen molar-refractivity contribution in [3.8, 4) is 0 Å². The lowest BCUT2D eigenvalue weighted by atomic mass is 9.81. The van der Waals surface area contributed by atoms with Crippen LogP contribution in [0.3, 0.4) is 0 Å². The van der Waals surface area contributed by atoms with Crippen LogP contribution >= 0.6 is 0 Å². The summed E-state index contributed by atoms with van der Waals surface area (Å²) in [6.45, 7) is 4.16. The maximum Gasteiger partial charge on any atom is 0.225 e. The molecular formula is C14H25NO2. The quantitative estimate of drug-likeness (QED) is 0.801. The van der Waals surface area contributed by atoms with Crippen LogP contribution in [0.5, 0.6) is 0 Å². The number of carbonyl (C=O) groups is 1. The number of rotatable bonds is 2. The zero-order chi connectivity index (χ0) is 12.3. The van der Waals surface area contributed by atoms with Crippen molar-refractivity contribution >= 4 is 5.91 Å². The van der Waals surface area contributed by atoms with Crippen molar-refractivity contribution in [2.24, 2.45) is 17.8 Å². The lowest BCUT2D eigenvalue weighted by molar-refractivity contribution is -0.139. The molecule has 1 N–H and O–H groups in total. The first-order valence-electron chi connectivity index (χ1n) is 7.10. The zero-order valence-corrected chi connectivity index (χ0v) is 10.9. The van der Waals surface area contributed by atoms with E-state index in [1.165, 1.54) is 12.8 Å². The molecule has 1 amide bonds. The van der Waals surface area contributed by atoms with E-state index in [0.717, 1.165) is 38.8 Å². The Morgan fingerprint density at radius 3 is 2.82 bits per heavy atom. The van der Waals surface area contributed by atoms with E-state index < -0.39 is 0 Å². The second-order valence-electron chi connectivity index (χ2n) is 5.94. The Labute approximate surface area is 104 Å². The van der Waals surface area contributed by atoms with E-state index in [0.29, 0.717) is 17.7 Å². The zero-order valence-electron chi connectivity index (χ0n) is 10.9. The fourth-order valence-electron chi connectivity index (χ4n) is 3.33. The van der Waals surface area contributed by atoms with Gasteiger partial charge in [-0.15, -0.1) is 0 Å². The number of likely N-dealkylation sites (tertiary alicyclic amines) is 1. The number of hydrogen-bond donors (Lipinski definition) is 1. The van der Waals surface area contributed by atoms with Crippen LogP contribution in [0.2, 0.25) is 0 Å². The number of carbonyl (C=O) groups excluding carboxylic acids is 1. The fraction of sp³-hybridized carbons (Fsp3) is 0.929. The summed E-state index contributed by atoms with van der Waals surface area (Å²) in [7, 11) is 0. The van der Waals surface area contributed by atoms with Gasteiger partial charge in [-0.05, 0) is 37.5 Å². The molecule has 2 rings (SSSR count). The molecule has 0 aromatic rings. The molecule has 0 radical (unpaired) electrons. The SMILES string of the molecule is CC1CCCC(C(=O)N2CCCC(CO)C2)C1. The molecule has 1 aliphatic heterocycles. The Bertz CT molecular complexity index is 267. The van der Waals surface area contributed by atoms with E-state index in [1.54, 1.807) is 0 Å². The Morgan fingerprint density at radius 2 is 2.12 bits per heavy atom. The Morgan fingerprint density at radius 1 is 1.29 bits per heavy atom. The highest BCUT2D eigenvalue weighted by atomic mass is 16.3.